The van der Waals surface area contributed by atoms with Crippen LogP contribution in [0, 0.1) is 5.41 Å². The molecule has 4 nitrogen and oxygen atoms in total. The van der Waals surface area contributed by atoms with Gasteiger partial charge in [-0.25, -0.2) is 13.1 Å². The lowest BCUT2D eigenvalue weighted by Gasteiger charge is -2.34. The predicted octanol–water partition coefficient (Wildman–Crippen LogP) is 3.08. The van der Waals surface area contributed by atoms with Gasteiger partial charge < -0.3 is 5.11 Å². The van der Waals surface area contributed by atoms with Gasteiger partial charge in [0.2, 0.25) is 10.0 Å². The quantitative estimate of drug-likeness (QED) is 0.891. The molecule has 1 saturated carbocycles. The molecule has 1 aromatic rings. The zero-order chi connectivity index (χ0) is 15.7. The summed E-state index contributed by atoms with van der Waals surface area (Å²) in [6.45, 7) is 4.22. The first-order chi connectivity index (χ1) is 9.73. The molecule has 0 amide bonds. The van der Waals surface area contributed by atoms with Gasteiger partial charge in [0.25, 0.3) is 0 Å². The Kier molecular flexibility index (Phi) is 4.98. The van der Waals surface area contributed by atoms with Crippen molar-refractivity contribution in [2.45, 2.75) is 57.1 Å². The minimum absolute atomic E-state index is 0.0145. The van der Waals surface area contributed by atoms with E-state index in [1.165, 1.54) is 12.1 Å². The number of hydrogen-bond acceptors (Lipinski definition) is 3. The average Bonchev–Trinajstić information content (AvgIpc) is 2.41. The molecule has 0 heterocycles. The van der Waals surface area contributed by atoms with Crippen LogP contribution >= 0.6 is 11.6 Å². The van der Waals surface area contributed by atoms with Crippen molar-refractivity contribution in [2.24, 2.45) is 5.41 Å². The van der Waals surface area contributed by atoms with E-state index < -0.39 is 10.0 Å². The highest BCUT2D eigenvalue weighted by molar-refractivity contribution is 7.89. The first-order valence-corrected chi connectivity index (χ1v) is 9.01. The van der Waals surface area contributed by atoms with Gasteiger partial charge >= 0.3 is 0 Å². The molecule has 0 spiro atoms. The highest BCUT2D eigenvalue weighted by Crippen LogP contribution is 2.35. The predicted molar refractivity (Wildman–Crippen MR) is 83.7 cm³/mol. The maximum Gasteiger partial charge on any atom is 0.240 e. The monoisotopic (exact) mass is 331 g/mol. The largest absolute Gasteiger partial charge is 0.392 e. The molecule has 1 aromatic carbocycles. The lowest BCUT2D eigenvalue weighted by molar-refractivity contribution is 0.218. The molecule has 1 aliphatic carbocycles. The van der Waals surface area contributed by atoms with Crippen LogP contribution in [0.2, 0.25) is 5.02 Å². The maximum atomic E-state index is 12.4. The molecule has 1 fully saturated rings. The van der Waals surface area contributed by atoms with Gasteiger partial charge in [-0.15, -0.1) is 0 Å². The van der Waals surface area contributed by atoms with Crippen LogP contribution in [0.4, 0.5) is 0 Å². The van der Waals surface area contributed by atoms with Crippen molar-refractivity contribution in [3.05, 3.63) is 28.8 Å². The van der Waals surface area contributed by atoms with E-state index in [0.29, 0.717) is 11.0 Å². The van der Waals surface area contributed by atoms with E-state index in [2.05, 4.69) is 18.6 Å². The normalized spacial score (nSPS) is 19.6. The van der Waals surface area contributed by atoms with E-state index in [1.807, 2.05) is 0 Å². The summed E-state index contributed by atoms with van der Waals surface area (Å²) in [6, 6.07) is 4.40. The fraction of sp³-hybridized carbons (Fsp3) is 0.600. The molecule has 0 unspecified atom stereocenters. The van der Waals surface area contributed by atoms with E-state index in [-0.39, 0.29) is 22.6 Å². The molecule has 21 heavy (non-hydrogen) atoms. The first kappa shape index (κ1) is 16.7. The fourth-order valence-corrected chi connectivity index (χ4v) is 4.26. The van der Waals surface area contributed by atoms with Crippen LogP contribution in [0.5, 0.6) is 0 Å². The molecule has 0 saturated heterocycles. The van der Waals surface area contributed by atoms with Crippen molar-refractivity contribution < 1.29 is 13.5 Å². The third-order valence-electron chi connectivity index (χ3n) is 4.17. The summed E-state index contributed by atoms with van der Waals surface area (Å²) in [5.41, 5.74) is 0.823. The Morgan fingerprint density at radius 1 is 1.33 bits per heavy atom. The van der Waals surface area contributed by atoms with E-state index in [0.717, 1.165) is 25.7 Å². The zero-order valence-electron chi connectivity index (χ0n) is 12.4. The second-order valence-corrected chi connectivity index (χ2v) is 8.59. The molecular weight excluding hydrogens is 310 g/mol. The van der Waals surface area contributed by atoms with Crippen molar-refractivity contribution in [2.75, 3.05) is 0 Å². The number of benzene rings is 1. The van der Waals surface area contributed by atoms with Crippen molar-refractivity contribution in [3.63, 3.8) is 0 Å². The Balaban J connectivity index is 2.10. The third-order valence-corrected chi connectivity index (χ3v) is 6.04. The van der Waals surface area contributed by atoms with Gasteiger partial charge in [-0.1, -0.05) is 31.5 Å². The molecule has 0 radical (unpaired) electrons. The van der Waals surface area contributed by atoms with Crippen molar-refractivity contribution in [1.82, 2.24) is 4.72 Å². The van der Waals surface area contributed by atoms with Gasteiger partial charge in [-0.2, -0.15) is 0 Å². The van der Waals surface area contributed by atoms with Crippen molar-refractivity contribution in [1.29, 1.82) is 0 Å². The standard InChI is InChI=1S/C15H22ClNO3S/c1-15(2)7-5-12(6-8-15)17-21(19,20)13-4-3-11(10-18)14(16)9-13/h3-4,9,12,17-18H,5-8,10H2,1-2H3. The number of sulfonamides is 1. The Labute approximate surface area is 131 Å². The molecule has 2 N–H and O–H groups in total. The summed E-state index contributed by atoms with van der Waals surface area (Å²) in [5, 5.41) is 9.34. The fourth-order valence-electron chi connectivity index (χ4n) is 2.63. The lowest BCUT2D eigenvalue weighted by Crippen LogP contribution is -2.39. The topological polar surface area (TPSA) is 66.4 Å². The van der Waals surface area contributed by atoms with Crippen LogP contribution in [-0.2, 0) is 16.6 Å². The number of halogens is 1. The number of nitrogens with one attached hydrogen (secondary N) is 1. The van der Waals surface area contributed by atoms with Gasteiger partial charge in [0.15, 0.2) is 0 Å². The molecule has 6 heteroatoms. The second-order valence-electron chi connectivity index (χ2n) is 6.47. The van der Waals surface area contributed by atoms with E-state index in [1.54, 1.807) is 6.07 Å². The minimum Gasteiger partial charge on any atom is -0.392 e. The van der Waals surface area contributed by atoms with Crippen LogP contribution < -0.4 is 4.72 Å². The smallest absolute Gasteiger partial charge is 0.240 e. The molecule has 1 aliphatic rings. The summed E-state index contributed by atoms with van der Waals surface area (Å²) < 4.78 is 27.5. The molecule has 0 aromatic heterocycles. The molecule has 0 bridgehead atoms. The van der Waals surface area contributed by atoms with Crippen LogP contribution in [0.1, 0.15) is 45.1 Å². The van der Waals surface area contributed by atoms with Crippen molar-refractivity contribution >= 4 is 21.6 Å². The lowest BCUT2D eigenvalue weighted by atomic mass is 9.76. The van der Waals surface area contributed by atoms with Crippen LogP contribution in [-0.4, -0.2) is 19.6 Å². The summed E-state index contributed by atoms with van der Waals surface area (Å²) in [5.74, 6) is 0. The van der Waals surface area contributed by atoms with Gasteiger partial charge in [0.05, 0.1) is 11.5 Å². The third kappa shape index (κ3) is 4.19. The van der Waals surface area contributed by atoms with Gasteiger partial charge in [0.1, 0.15) is 0 Å². The van der Waals surface area contributed by atoms with E-state index in [9.17, 15) is 8.42 Å². The molecule has 0 atom stereocenters. The highest BCUT2D eigenvalue weighted by Gasteiger charge is 2.29. The summed E-state index contributed by atoms with van der Waals surface area (Å²) in [4.78, 5) is 0.148. The molecular formula is C15H22ClNO3S. The van der Waals surface area contributed by atoms with E-state index in [4.69, 9.17) is 16.7 Å². The van der Waals surface area contributed by atoms with E-state index >= 15 is 0 Å². The Bertz CT molecular complexity index is 603. The Hall–Kier alpha value is -0.620. The first-order valence-electron chi connectivity index (χ1n) is 7.15. The Morgan fingerprint density at radius 2 is 1.95 bits per heavy atom. The van der Waals surface area contributed by atoms with Crippen LogP contribution in [0.25, 0.3) is 0 Å². The minimum atomic E-state index is -3.56. The van der Waals surface area contributed by atoms with Crippen molar-refractivity contribution in [3.8, 4) is 0 Å². The second kappa shape index (κ2) is 6.24. The molecule has 2 rings (SSSR count). The maximum absolute atomic E-state index is 12.4. The van der Waals surface area contributed by atoms with Gasteiger partial charge in [0, 0.05) is 11.1 Å². The molecule has 0 aliphatic heterocycles. The summed E-state index contributed by atoms with van der Waals surface area (Å²) in [6.07, 6.45) is 3.75. The number of aliphatic hydroxyl groups excluding tert-OH is 1. The number of rotatable bonds is 4. The van der Waals surface area contributed by atoms with Gasteiger partial charge in [-0.3, -0.25) is 0 Å². The molecule has 118 valence electrons. The van der Waals surface area contributed by atoms with Crippen LogP contribution in [0.3, 0.4) is 0 Å². The number of aliphatic hydroxyl groups is 1. The Morgan fingerprint density at radius 3 is 2.48 bits per heavy atom. The highest BCUT2D eigenvalue weighted by atomic mass is 35.5. The summed E-state index contributed by atoms with van der Waals surface area (Å²) in [7, 11) is -3.56. The summed E-state index contributed by atoms with van der Waals surface area (Å²) >= 11 is 5.96. The SMILES string of the molecule is CC1(C)CCC(NS(=O)(=O)c2ccc(CO)c(Cl)c2)CC1. The van der Waals surface area contributed by atoms with Crippen LogP contribution in [0.15, 0.2) is 23.1 Å². The average molecular weight is 332 g/mol. The number of hydrogen-bond donors (Lipinski definition) is 2. The van der Waals surface area contributed by atoms with Gasteiger partial charge in [-0.05, 0) is 48.8 Å². The zero-order valence-corrected chi connectivity index (χ0v) is 14.0.